The van der Waals surface area contributed by atoms with Crippen LogP contribution in [0.4, 0.5) is 10.5 Å². The van der Waals surface area contributed by atoms with E-state index < -0.39 is 6.09 Å². The molecule has 1 saturated heterocycles. The molecule has 0 aliphatic carbocycles. The van der Waals surface area contributed by atoms with E-state index in [-0.39, 0.29) is 11.8 Å². The summed E-state index contributed by atoms with van der Waals surface area (Å²) in [5.74, 6) is 0.847. The monoisotopic (exact) mass is 361 g/mol. The Morgan fingerprint density at radius 1 is 1.35 bits per heavy atom. The van der Waals surface area contributed by atoms with Gasteiger partial charge in [-0.25, -0.2) is 4.79 Å². The zero-order valence-electron chi connectivity index (χ0n) is 15.3. The van der Waals surface area contributed by atoms with Crippen LogP contribution in [0.2, 0.25) is 0 Å². The number of piperidine rings is 1. The van der Waals surface area contributed by atoms with E-state index in [1.807, 2.05) is 24.3 Å². The first-order valence-electron chi connectivity index (χ1n) is 8.69. The van der Waals surface area contributed by atoms with Crippen molar-refractivity contribution in [2.45, 2.75) is 25.8 Å². The number of methoxy groups -OCH3 is 1. The number of nitrogens with two attached hydrogens (primary N) is 1. The van der Waals surface area contributed by atoms with E-state index in [4.69, 9.17) is 5.73 Å². The first-order valence-corrected chi connectivity index (χ1v) is 8.69. The highest BCUT2D eigenvalue weighted by Gasteiger charge is 2.23. The predicted octanol–water partition coefficient (Wildman–Crippen LogP) is 1.53. The molecular formula is C18H27N5O3. The third kappa shape index (κ3) is 5.94. The summed E-state index contributed by atoms with van der Waals surface area (Å²) in [6, 6.07) is 7.50. The Morgan fingerprint density at radius 2 is 2.08 bits per heavy atom. The lowest BCUT2D eigenvalue weighted by Crippen LogP contribution is -2.46. The molecule has 1 heterocycles. The highest BCUT2D eigenvalue weighted by atomic mass is 16.5. The largest absolute Gasteiger partial charge is 0.453 e. The lowest BCUT2D eigenvalue weighted by molar-refractivity contribution is -0.119. The van der Waals surface area contributed by atoms with E-state index >= 15 is 0 Å². The van der Waals surface area contributed by atoms with Crippen LogP contribution < -0.4 is 16.4 Å². The van der Waals surface area contributed by atoms with Crippen molar-refractivity contribution in [3.05, 3.63) is 29.8 Å². The summed E-state index contributed by atoms with van der Waals surface area (Å²) in [4.78, 5) is 28.9. The van der Waals surface area contributed by atoms with Crippen LogP contribution in [0.15, 0.2) is 29.3 Å². The van der Waals surface area contributed by atoms with Crippen molar-refractivity contribution in [3.8, 4) is 0 Å². The van der Waals surface area contributed by atoms with Gasteiger partial charge in [-0.15, -0.1) is 0 Å². The molecule has 8 nitrogen and oxygen atoms in total. The van der Waals surface area contributed by atoms with Crippen LogP contribution in [0, 0.1) is 5.92 Å². The number of ether oxygens (including phenoxy) is 1. The van der Waals surface area contributed by atoms with Gasteiger partial charge in [-0.2, -0.15) is 0 Å². The van der Waals surface area contributed by atoms with Gasteiger partial charge in [0.1, 0.15) is 0 Å². The van der Waals surface area contributed by atoms with Crippen molar-refractivity contribution in [2.24, 2.45) is 16.6 Å². The molecule has 0 spiro atoms. The predicted molar refractivity (Wildman–Crippen MR) is 101 cm³/mol. The maximum absolute atomic E-state index is 11.2. The fourth-order valence-corrected chi connectivity index (χ4v) is 3.10. The molecule has 2 rings (SSSR count). The minimum atomic E-state index is -0.494. The minimum absolute atomic E-state index is 0.250. The third-order valence-electron chi connectivity index (χ3n) is 4.36. The SMILES string of the molecule is CN=C(NCc1ccc(NC(=O)OC)cc1)N1CCCC(CC(N)=O)C1. The molecule has 0 bridgehead atoms. The number of amides is 2. The molecule has 0 aromatic heterocycles. The Labute approximate surface area is 153 Å². The summed E-state index contributed by atoms with van der Waals surface area (Å²) in [5.41, 5.74) is 7.06. The van der Waals surface area contributed by atoms with Gasteiger partial charge in [0.25, 0.3) is 0 Å². The van der Waals surface area contributed by atoms with Crippen LogP contribution in [0.25, 0.3) is 0 Å². The molecule has 4 N–H and O–H groups in total. The lowest BCUT2D eigenvalue weighted by Gasteiger charge is -2.34. The minimum Gasteiger partial charge on any atom is -0.453 e. The maximum Gasteiger partial charge on any atom is 0.411 e. The highest BCUT2D eigenvalue weighted by molar-refractivity contribution is 5.84. The zero-order chi connectivity index (χ0) is 18.9. The molecule has 0 saturated carbocycles. The standard InChI is InChI=1S/C18H27N5O3/c1-20-17(23-9-3-4-14(12-23)10-16(19)24)21-11-13-5-7-15(8-6-13)22-18(25)26-2/h5-8,14H,3-4,9-12H2,1-2H3,(H2,19,24)(H,20,21)(H,22,25). The second-order valence-electron chi connectivity index (χ2n) is 6.34. The molecule has 1 aromatic carbocycles. The van der Waals surface area contributed by atoms with Gasteiger partial charge in [0.15, 0.2) is 5.96 Å². The van der Waals surface area contributed by atoms with Gasteiger partial charge in [-0.05, 0) is 36.5 Å². The fraction of sp³-hybridized carbons (Fsp3) is 0.500. The molecule has 8 heteroatoms. The lowest BCUT2D eigenvalue weighted by atomic mass is 9.95. The van der Waals surface area contributed by atoms with Gasteiger partial charge in [0, 0.05) is 38.8 Å². The van der Waals surface area contributed by atoms with Gasteiger partial charge >= 0.3 is 6.09 Å². The molecule has 142 valence electrons. The number of primary amides is 1. The van der Waals surface area contributed by atoms with Gasteiger partial charge < -0.3 is 20.7 Å². The van der Waals surface area contributed by atoms with Crippen LogP contribution in [-0.4, -0.2) is 50.1 Å². The average molecular weight is 361 g/mol. The van der Waals surface area contributed by atoms with Crippen molar-refractivity contribution in [1.29, 1.82) is 0 Å². The molecule has 1 unspecified atom stereocenters. The van der Waals surface area contributed by atoms with Crippen molar-refractivity contribution in [2.75, 3.05) is 32.6 Å². The third-order valence-corrected chi connectivity index (χ3v) is 4.36. The summed E-state index contributed by atoms with van der Waals surface area (Å²) in [5, 5.41) is 5.96. The molecular weight excluding hydrogens is 334 g/mol. The van der Waals surface area contributed by atoms with Gasteiger partial charge in [-0.1, -0.05) is 12.1 Å². The van der Waals surface area contributed by atoms with E-state index in [9.17, 15) is 9.59 Å². The van der Waals surface area contributed by atoms with Crippen molar-refractivity contribution in [1.82, 2.24) is 10.2 Å². The number of aliphatic imine (C=N–C) groups is 1. The van der Waals surface area contributed by atoms with Crippen molar-refractivity contribution in [3.63, 3.8) is 0 Å². The summed E-state index contributed by atoms with van der Waals surface area (Å²) in [6.07, 6.45) is 1.96. The topological polar surface area (TPSA) is 109 Å². The van der Waals surface area contributed by atoms with Crippen molar-refractivity contribution >= 4 is 23.6 Å². The molecule has 26 heavy (non-hydrogen) atoms. The number of nitrogens with zero attached hydrogens (tertiary/aromatic N) is 2. The molecule has 1 aliphatic rings. The molecule has 0 radical (unpaired) electrons. The smallest absolute Gasteiger partial charge is 0.411 e. The number of likely N-dealkylation sites (tertiary alicyclic amines) is 1. The second kappa shape index (κ2) is 9.65. The average Bonchev–Trinajstić information content (AvgIpc) is 2.63. The van der Waals surface area contributed by atoms with E-state index in [0.717, 1.165) is 37.5 Å². The number of carbonyl (C=O) groups is 2. The van der Waals surface area contributed by atoms with Crippen LogP contribution >= 0.6 is 0 Å². The highest BCUT2D eigenvalue weighted by Crippen LogP contribution is 2.19. The van der Waals surface area contributed by atoms with Gasteiger partial charge in [0.05, 0.1) is 7.11 Å². The Balaban J connectivity index is 1.88. The number of anilines is 1. The first-order chi connectivity index (χ1) is 12.5. The summed E-state index contributed by atoms with van der Waals surface area (Å²) >= 11 is 0. The maximum atomic E-state index is 11.2. The number of rotatable bonds is 5. The molecule has 1 fully saturated rings. The van der Waals surface area contributed by atoms with Gasteiger partial charge in [-0.3, -0.25) is 15.1 Å². The Hall–Kier alpha value is -2.77. The summed E-state index contributed by atoms with van der Waals surface area (Å²) < 4.78 is 4.57. The molecule has 1 aliphatic heterocycles. The van der Waals surface area contributed by atoms with Crippen LogP contribution in [0.1, 0.15) is 24.8 Å². The Morgan fingerprint density at radius 3 is 2.69 bits per heavy atom. The van der Waals surface area contributed by atoms with Crippen LogP contribution in [0.5, 0.6) is 0 Å². The number of hydrogen-bond donors (Lipinski definition) is 3. The first kappa shape index (κ1) is 19.6. The normalized spacial score (nSPS) is 17.5. The number of hydrogen-bond acceptors (Lipinski definition) is 4. The fourth-order valence-electron chi connectivity index (χ4n) is 3.10. The number of nitrogens with one attached hydrogen (secondary N) is 2. The Bertz CT molecular complexity index is 645. The van der Waals surface area contributed by atoms with Crippen LogP contribution in [-0.2, 0) is 16.1 Å². The zero-order valence-corrected chi connectivity index (χ0v) is 15.3. The Kier molecular flexibility index (Phi) is 7.25. The quantitative estimate of drug-likeness (QED) is 0.544. The van der Waals surface area contributed by atoms with Gasteiger partial charge in [0.2, 0.25) is 5.91 Å². The summed E-state index contributed by atoms with van der Waals surface area (Å²) in [7, 11) is 3.08. The summed E-state index contributed by atoms with van der Waals surface area (Å²) in [6.45, 7) is 2.31. The van der Waals surface area contributed by atoms with E-state index in [2.05, 4.69) is 25.3 Å². The second-order valence-corrected chi connectivity index (χ2v) is 6.34. The number of guanidine groups is 1. The van der Waals surface area contributed by atoms with E-state index in [0.29, 0.717) is 18.7 Å². The number of carbonyl (C=O) groups excluding carboxylic acids is 2. The molecule has 1 atom stereocenters. The van der Waals surface area contributed by atoms with E-state index in [1.54, 1.807) is 7.05 Å². The van der Waals surface area contributed by atoms with Crippen LogP contribution in [0.3, 0.4) is 0 Å². The van der Waals surface area contributed by atoms with Crippen molar-refractivity contribution < 1.29 is 14.3 Å². The number of benzene rings is 1. The van der Waals surface area contributed by atoms with E-state index in [1.165, 1.54) is 7.11 Å². The molecule has 2 amide bonds. The molecule has 1 aromatic rings.